The minimum Gasteiger partial charge on any atom is -0.478 e. The Bertz CT molecular complexity index is 731. The number of aromatic carboxylic acids is 3. The van der Waals surface area contributed by atoms with Crippen LogP contribution in [0.1, 0.15) is 41.4 Å². The maximum absolute atomic E-state index is 11.7. The van der Waals surface area contributed by atoms with Gasteiger partial charge in [-0.25, -0.2) is 33.7 Å². The molecule has 0 amide bonds. The first kappa shape index (κ1) is 17.4. The first-order chi connectivity index (χ1) is 10.7. The van der Waals surface area contributed by atoms with Crippen LogP contribution in [0.5, 0.6) is 0 Å². The van der Waals surface area contributed by atoms with Gasteiger partial charge in [0, 0.05) is 6.08 Å². The molecule has 1 rings (SSSR count). The maximum atomic E-state index is 11.7. The quantitative estimate of drug-likeness (QED) is 0.396. The van der Waals surface area contributed by atoms with E-state index in [0.29, 0.717) is 18.2 Å². The SMILES string of the molecule is C=CC(=O)OOC(=O)c1cc(C(=O)O)c(C(=O)O)cc1C(=O)O. The van der Waals surface area contributed by atoms with Crippen LogP contribution in [0.4, 0.5) is 0 Å². The fraction of sp³-hybridized carbons (Fsp3) is 0. The third-order valence-electron chi connectivity index (χ3n) is 2.43. The monoisotopic (exact) mass is 324 g/mol. The van der Waals surface area contributed by atoms with Crippen molar-refractivity contribution >= 4 is 29.8 Å². The van der Waals surface area contributed by atoms with Gasteiger partial charge in [-0.15, -0.1) is 0 Å². The molecule has 0 heterocycles. The summed E-state index contributed by atoms with van der Waals surface area (Å²) in [7, 11) is 0. The normalized spacial score (nSPS) is 9.57. The lowest BCUT2D eigenvalue weighted by molar-refractivity contribution is -0.228. The number of carbonyl (C=O) groups excluding carboxylic acids is 2. The molecule has 0 aliphatic rings. The van der Waals surface area contributed by atoms with E-state index in [-0.39, 0.29) is 0 Å². The molecule has 3 N–H and O–H groups in total. The fourth-order valence-electron chi connectivity index (χ4n) is 1.46. The Balaban J connectivity index is 3.42. The molecule has 10 heteroatoms. The van der Waals surface area contributed by atoms with Gasteiger partial charge in [0.15, 0.2) is 0 Å². The third-order valence-corrected chi connectivity index (χ3v) is 2.43. The number of hydrogen-bond donors (Lipinski definition) is 3. The zero-order valence-electron chi connectivity index (χ0n) is 11.1. The minimum absolute atomic E-state index is 0.486. The van der Waals surface area contributed by atoms with Crippen LogP contribution in [-0.4, -0.2) is 45.2 Å². The molecule has 23 heavy (non-hydrogen) atoms. The Morgan fingerprint density at radius 2 is 1.17 bits per heavy atom. The van der Waals surface area contributed by atoms with Gasteiger partial charge in [0.1, 0.15) is 0 Å². The van der Waals surface area contributed by atoms with Crippen LogP contribution >= 0.6 is 0 Å². The molecule has 0 atom stereocenters. The van der Waals surface area contributed by atoms with Crippen molar-refractivity contribution in [1.29, 1.82) is 0 Å². The van der Waals surface area contributed by atoms with Crippen molar-refractivity contribution in [3.8, 4) is 0 Å². The van der Waals surface area contributed by atoms with Gasteiger partial charge < -0.3 is 15.3 Å². The van der Waals surface area contributed by atoms with Crippen molar-refractivity contribution in [2.45, 2.75) is 0 Å². The highest BCUT2D eigenvalue weighted by atomic mass is 17.2. The lowest BCUT2D eigenvalue weighted by Gasteiger charge is -2.08. The molecule has 10 nitrogen and oxygen atoms in total. The second-order valence-corrected chi connectivity index (χ2v) is 3.84. The third kappa shape index (κ3) is 3.91. The molecule has 0 unspecified atom stereocenters. The second kappa shape index (κ2) is 6.85. The maximum Gasteiger partial charge on any atom is 0.387 e. The Kier molecular flexibility index (Phi) is 5.17. The fourth-order valence-corrected chi connectivity index (χ4v) is 1.46. The molecule has 0 aliphatic heterocycles. The first-order valence-electron chi connectivity index (χ1n) is 5.62. The molecule has 0 saturated heterocycles. The Morgan fingerprint density at radius 3 is 1.57 bits per heavy atom. The van der Waals surface area contributed by atoms with Crippen molar-refractivity contribution in [2.75, 3.05) is 0 Å². The number of benzene rings is 1. The van der Waals surface area contributed by atoms with Crippen LogP contribution in [0.2, 0.25) is 0 Å². The average Bonchev–Trinajstić information content (AvgIpc) is 2.50. The van der Waals surface area contributed by atoms with E-state index in [2.05, 4.69) is 16.4 Å². The summed E-state index contributed by atoms with van der Waals surface area (Å²) in [4.78, 5) is 63.6. The predicted octanol–water partition coefficient (Wildman–Crippen LogP) is 0.582. The Morgan fingerprint density at radius 1 is 0.783 bits per heavy atom. The predicted molar refractivity (Wildman–Crippen MR) is 69.0 cm³/mol. The number of carboxylic acid groups (broad SMARTS) is 3. The molecule has 0 bridgehead atoms. The van der Waals surface area contributed by atoms with Crippen molar-refractivity contribution < 1.29 is 49.1 Å². The highest BCUT2D eigenvalue weighted by Crippen LogP contribution is 2.19. The molecule has 1 aromatic rings. The molecular weight excluding hydrogens is 316 g/mol. The molecular formula is C13H8O10. The molecule has 0 radical (unpaired) electrons. The molecule has 0 aliphatic carbocycles. The summed E-state index contributed by atoms with van der Waals surface area (Å²) in [6, 6.07) is 0.985. The topological polar surface area (TPSA) is 164 Å². The van der Waals surface area contributed by atoms with E-state index < -0.39 is 52.1 Å². The zero-order valence-corrected chi connectivity index (χ0v) is 11.1. The number of rotatable bonds is 5. The molecule has 0 spiro atoms. The Labute approximate surface area is 127 Å². The van der Waals surface area contributed by atoms with Crippen LogP contribution in [0.15, 0.2) is 24.8 Å². The van der Waals surface area contributed by atoms with Gasteiger partial charge in [0.25, 0.3) is 0 Å². The van der Waals surface area contributed by atoms with Gasteiger partial charge in [-0.2, -0.15) is 0 Å². The summed E-state index contributed by atoms with van der Waals surface area (Å²) < 4.78 is 0. The van der Waals surface area contributed by atoms with Gasteiger partial charge in [-0.1, -0.05) is 6.58 Å². The van der Waals surface area contributed by atoms with Crippen LogP contribution in [0, 0.1) is 0 Å². The average molecular weight is 324 g/mol. The lowest BCUT2D eigenvalue weighted by atomic mass is 9.98. The summed E-state index contributed by atoms with van der Waals surface area (Å²) in [5.74, 6) is -7.79. The summed E-state index contributed by atoms with van der Waals surface area (Å²) >= 11 is 0. The van der Waals surface area contributed by atoms with Crippen LogP contribution in [-0.2, 0) is 14.6 Å². The van der Waals surface area contributed by atoms with Gasteiger partial charge in [0.05, 0.1) is 22.3 Å². The van der Waals surface area contributed by atoms with Crippen LogP contribution in [0.25, 0.3) is 0 Å². The minimum atomic E-state index is -1.72. The molecule has 1 aromatic carbocycles. The van der Waals surface area contributed by atoms with Gasteiger partial charge in [-0.05, 0) is 12.1 Å². The van der Waals surface area contributed by atoms with Gasteiger partial charge in [0.2, 0.25) is 0 Å². The first-order valence-corrected chi connectivity index (χ1v) is 5.62. The highest BCUT2D eigenvalue weighted by molar-refractivity contribution is 6.09. The summed E-state index contributed by atoms with van der Waals surface area (Å²) in [6.07, 6.45) is 0.654. The summed E-state index contributed by atoms with van der Waals surface area (Å²) in [5, 5.41) is 26.9. The molecule has 120 valence electrons. The van der Waals surface area contributed by atoms with Crippen LogP contribution in [0.3, 0.4) is 0 Å². The zero-order chi connectivity index (χ0) is 17.7. The van der Waals surface area contributed by atoms with E-state index in [0.717, 1.165) is 0 Å². The lowest BCUT2D eigenvalue weighted by Crippen LogP contribution is -2.18. The number of hydrogen-bond acceptors (Lipinski definition) is 7. The van der Waals surface area contributed by atoms with E-state index in [9.17, 15) is 24.0 Å². The largest absolute Gasteiger partial charge is 0.478 e. The summed E-state index contributed by atoms with van der Waals surface area (Å²) in [6.45, 7) is 3.02. The molecule has 0 saturated carbocycles. The van der Waals surface area contributed by atoms with Crippen LogP contribution < -0.4 is 0 Å². The van der Waals surface area contributed by atoms with Gasteiger partial charge in [-0.3, -0.25) is 0 Å². The standard InChI is InChI=1S/C13H8O10/c1-2-9(14)22-23-13(21)8-4-6(11(17)18)5(10(15)16)3-7(8)12(19)20/h2-4H,1H2,(H,15,16)(H,17,18)(H,19,20). The van der Waals surface area contributed by atoms with E-state index in [1.54, 1.807) is 0 Å². The van der Waals surface area contributed by atoms with Gasteiger partial charge >= 0.3 is 29.8 Å². The molecule has 0 fully saturated rings. The highest BCUT2D eigenvalue weighted by Gasteiger charge is 2.27. The van der Waals surface area contributed by atoms with E-state index in [1.807, 2.05) is 0 Å². The number of carboxylic acids is 3. The van der Waals surface area contributed by atoms with E-state index in [4.69, 9.17) is 15.3 Å². The molecule has 0 aromatic heterocycles. The van der Waals surface area contributed by atoms with Crippen molar-refractivity contribution in [1.82, 2.24) is 0 Å². The van der Waals surface area contributed by atoms with E-state index >= 15 is 0 Å². The van der Waals surface area contributed by atoms with Crippen molar-refractivity contribution in [3.05, 3.63) is 47.0 Å². The second-order valence-electron chi connectivity index (χ2n) is 3.84. The van der Waals surface area contributed by atoms with Crippen molar-refractivity contribution in [2.24, 2.45) is 0 Å². The van der Waals surface area contributed by atoms with E-state index in [1.165, 1.54) is 0 Å². The van der Waals surface area contributed by atoms with Crippen molar-refractivity contribution in [3.63, 3.8) is 0 Å². The summed E-state index contributed by atoms with van der Waals surface area (Å²) in [5.41, 5.74) is -3.33. The number of carbonyl (C=O) groups is 5. The Hall–Kier alpha value is -3.69. The smallest absolute Gasteiger partial charge is 0.387 e.